The fraction of sp³-hybridized carbons (Fsp3) is 0. The van der Waals surface area contributed by atoms with Gasteiger partial charge in [-0.05, 0) is 30.3 Å². The zero-order valence-corrected chi connectivity index (χ0v) is 12.9. The monoisotopic (exact) mass is 339 g/mol. The molecular weight excluding hydrogens is 330 g/mol. The van der Waals surface area contributed by atoms with Crippen molar-refractivity contribution >= 4 is 34.4 Å². The molecule has 1 aromatic carbocycles. The highest BCUT2D eigenvalue weighted by atomic mass is 35.5. The van der Waals surface area contributed by atoms with Crippen LogP contribution in [0.4, 0.5) is 5.69 Å². The third kappa shape index (κ3) is 2.61. The smallest absolute Gasteiger partial charge is 0.273 e. The van der Waals surface area contributed by atoms with Crippen molar-refractivity contribution in [2.24, 2.45) is 0 Å². The minimum Gasteiger partial charge on any atom is -0.434 e. The summed E-state index contributed by atoms with van der Waals surface area (Å²) in [5.74, 6) is 0.0337. The molecule has 1 amide bonds. The summed E-state index contributed by atoms with van der Waals surface area (Å²) < 4.78 is 5.68. The second-order valence-electron chi connectivity index (χ2n) is 4.96. The maximum absolute atomic E-state index is 12.1. The fourth-order valence-corrected chi connectivity index (χ4v) is 2.43. The van der Waals surface area contributed by atoms with E-state index in [-0.39, 0.29) is 5.91 Å². The molecule has 0 bridgehead atoms. The van der Waals surface area contributed by atoms with Crippen molar-refractivity contribution < 1.29 is 9.21 Å². The minimum absolute atomic E-state index is 0.306. The van der Waals surface area contributed by atoms with Gasteiger partial charge in [-0.2, -0.15) is 4.98 Å². The van der Waals surface area contributed by atoms with Gasteiger partial charge in [0.15, 0.2) is 11.2 Å². The summed E-state index contributed by atoms with van der Waals surface area (Å²) in [6, 6.07) is 8.60. The first-order valence-electron chi connectivity index (χ1n) is 7.02. The minimum atomic E-state index is -0.306. The van der Waals surface area contributed by atoms with E-state index >= 15 is 0 Å². The van der Waals surface area contributed by atoms with Gasteiger partial charge < -0.3 is 14.7 Å². The number of rotatable bonds is 3. The molecule has 0 unspecified atom stereocenters. The zero-order chi connectivity index (χ0) is 16.5. The molecule has 118 valence electrons. The quantitative estimate of drug-likeness (QED) is 0.595. The van der Waals surface area contributed by atoms with Crippen LogP contribution in [-0.2, 0) is 0 Å². The van der Waals surface area contributed by atoms with Crippen LogP contribution >= 0.6 is 11.6 Å². The first-order chi connectivity index (χ1) is 11.7. The van der Waals surface area contributed by atoms with Crippen molar-refractivity contribution in [3.63, 3.8) is 0 Å². The second-order valence-corrected chi connectivity index (χ2v) is 5.37. The number of amides is 1. The van der Waals surface area contributed by atoms with E-state index in [9.17, 15) is 4.79 Å². The second kappa shape index (κ2) is 5.78. The van der Waals surface area contributed by atoms with Crippen LogP contribution in [0.5, 0.6) is 0 Å². The predicted octanol–water partition coefficient (Wildman–Crippen LogP) is 3.52. The summed E-state index contributed by atoms with van der Waals surface area (Å²) in [6.07, 6.45) is 4.52. The van der Waals surface area contributed by atoms with Crippen LogP contribution in [0.1, 0.15) is 10.5 Å². The third-order valence-electron chi connectivity index (χ3n) is 3.36. The Morgan fingerprint density at radius 3 is 3.00 bits per heavy atom. The van der Waals surface area contributed by atoms with Gasteiger partial charge in [-0.15, -0.1) is 0 Å². The van der Waals surface area contributed by atoms with Crippen LogP contribution < -0.4 is 5.32 Å². The standard InChI is InChI=1S/C16H10ClN5O2/c17-11-4-3-9(21-15(23)12-7-18-8-20-12)6-10(11)16-22-14-13(24-16)2-1-5-19-14/h1-8H,(H,18,20)(H,21,23). The molecule has 0 fully saturated rings. The van der Waals surface area contributed by atoms with Crippen molar-refractivity contribution in [3.05, 3.63) is 59.8 Å². The predicted molar refractivity (Wildman–Crippen MR) is 88.8 cm³/mol. The number of fused-ring (bicyclic) bond motifs is 1. The van der Waals surface area contributed by atoms with Crippen molar-refractivity contribution in [1.82, 2.24) is 19.9 Å². The lowest BCUT2D eigenvalue weighted by atomic mass is 10.2. The molecule has 0 radical (unpaired) electrons. The number of imidazole rings is 1. The number of hydrogen-bond donors (Lipinski definition) is 2. The first kappa shape index (κ1) is 14.4. The largest absolute Gasteiger partial charge is 0.434 e. The van der Waals surface area contributed by atoms with Gasteiger partial charge in [0.2, 0.25) is 5.89 Å². The number of aromatic nitrogens is 4. The van der Waals surface area contributed by atoms with Crippen molar-refractivity contribution in [2.75, 3.05) is 5.32 Å². The van der Waals surface area contributed by atoms with Gasteiger partial charge in [0.05, 0.1) is 23.1 Å². The number of hydrogen-bond acceptors (Lipinski definition) is 5. The van der Waals surface area contributed by atoms with Crippen LogP contribution in [0.3, 0.4) is 0 Å². The first-order valence-corrected chi connectivity index (χ1v) is 7.40. The van der Waals surface area contributed by atoms with Crippen LogP contribution in [0.25, 0.3) is 22.7 Å². The maximum Gasteiger partial charge on any atom is 0.273 e. The number of nitrogens with zero attached hydrogens (tertiary/aromatic N) is 3. The topological polar surface area (TPSA) is 96.7 Å². The van der Waals surface area contributed by atoms with E-state index in [4.69, 9.17) is 16.0 Å². The highest BCUT2D eigenvalue weighted by Crippen LogP contribution is 2.31. The van der Waals surface area contributed by atoms with E-state index in [1.54, 1.807) is 36.5 Å². The summed E-state index contributed by atoms with van der Waals surface area (Å²) in [7, 11) is 0. The number of oxazole rings is 1. The van der Waals surface area contributed by atoms with E-state index in [0.29, 0.717) is 39.1 Å². The van der Waals surface area contributed by atoms with Gasteiger partial charge >= 0.3 is 0 Å². The number of aromatic amines is 1. The maximum atomic E-state index is 12.1. The van der Waals surface area contributed by atoms with Gasteiger partial charge in [-0.1, -0.05) is 11.6 Å². The van der Waals surface area contributed by atoms with E-state index in [2.05, 4.69) is 25.3 Å². The Labute approximate surface area is 140 Å². The molecule has 24 heavy (non-hydrogen) atoms. The molecule has 0 aliphatic rings. The van der Waals surface area contributed by atoms with E-state index < -0.39 is 0 Å². The zero-order valence-electron chi connectivity index (χ0n) is 12.2. The summed E-state index contributed by atoms with van der Waals surface area (Å²) in [6.45, 7) is 0. The Balaban J connectivity index is 1.69. The molecule has 3 aromatic heterocycles. The van der Waals surface area contributed by atoms with E-state index in [0.717, 1.165) is 0 Å². The third-order valence-corrected chi connectivity index (χ3v) is 3.69. The highest BCUT2D eigenvalue weighted by Gasteiger charge is 2.14. The Kier molecular flexibility index (Phi) is 3.47. The molecular formula is C16H10ClN5O2. The number of H-pyrrole nitrogens is 1. The number of pyridine rings is 1. The summed E-state index contributed by atoms with van der Waals surface area (Å²) in [5.41, 5.74) is 2.55. The number of halogens is 1. The van der Waals surface area contributed by atoms with Crippen molar-refractivity contribution in [3.8, 4) is 11.5 Å². The molecule has 0 saturated carbocycles. The summed E-state index contributed by atoms with van der Waals surface area (Å²) >= 11 is 6.25. The van der Waals surface area contributed by atoms with Crippen LogP contribution in [0, 0.1) is 0 Å². The lowest BCUT2D eigenvalue weighted by Crippen LogP contribution is -2.12. The van der Waals surface area contributed by atoms with Gasteiger partial charge in [0.25, 0.3) is 5.91 Å². The van der Waals surface area contributed by atoms with Gasteiger partial charge in [0, 0.05) is 11.9 Å². The van der Waals surface area contributed by atoms with Crippen molar-refractivity contribution in [1.29, 1.82) is 0 Å². The number of carbonyl (C=O) groups excluding carboxylic acids is 1. The molecule has 4 rings (SSSR count). The number of benzene rings is 1. The lowest BCUT2D eigenvalue weighted by molar-refractivity contribution is 0.102. The van der Waals surface area contributed by atoms with E-state index in [1.807, 2.05) is 0 Å². The van der Waals surface area contributed by atoms with Crippen LogP contribution in [-0.4, -0.2) is 25.8 Å². The van der Waals surface area contributed by atoms with Crippen molar-refractivity contribution in [2.45, 2.75) is 0 Å². The molecule has 4 aromatic rings. The highest BCUT2D eigenvalue weighted by molar-refractivity contribution is 6.33. The molecule has 0 aliphatic carbocycles. The molecule has 2 N–H and O–H groups in total. The molecule has 0 atom stereocenters. The normalized spacial score (nSPS) is 10.9. The van der Waals surface area contributed by atoms with Gasteiger partial charge in [-0.3, -0.25) is 4.79 Å². The van der Waals surface area contributed by atoms with Crippen LogP contribution in [0.15, 0.2) is 53.5 Å². The Hall–Kier alpha value is -3.19. The number of anilines is 1. The van der Waals surface area contributed by atoms with Crippen LogP contribution in [0.2, 0.25) is 5.02 Å². The lowest BCUT2D eigenvalue weighted by Gasteiger charge is -2.06. The molecule has 3 heterocycles. The average molecular weight is 340 g/mol. The Morgan fingerprint density at radius 2 is 2.21 bits per heavy atom. The average Bonchev–Trinajstić information content (AvgIpc) is 3.25. The summed E-state index contributed by atoms with van der Waals surface area (Å²) in [4.78, 5) is 27.1. The molecule has 7 nitrogen and oxygen atoms in total. The van der Waals surface area contributed by atoms with E-state index in [1.165, 1.54) is 12.5 Å². The molecule has 8 heteroatoms. The summed E-state index contributed by atoms with van der Waals surface area (Å²) in [5, 5.41) is 3.22. The number of nitrogens with one attached hydrogen (secondary N) is 2. The Bertz CT molecular complexity index is 993. The number of carbonyl (C=O) groups is 1. The van der Waals surface area contributed by atoms with Gasteiger partial charge in [-0.25, -0.2) is 9.97 Å². The Morgan fingerprint density at radius 1 is 1.29 bits per heavy atom. The fourth-order valence-electron chi connectivity index (χ4n) is 2.23. The SMILES string of the molecule is O=C(Nc1ccc(Cl)c(-c2nc3ncccc3o2)c1)c1cnc[nH]1. The molecule has 0 saturated heterocycles. The van der Waals surface area contributed by atoms with Gasteiger partial charge in [0.1, 0.15) is 5.69 Å². The molecule has 0 aliphatic heterocycles. The molecule has 0 spiro atoms.